The molecule has 9 heteroatoms. The fraction of sp³-hybridized carbons (Fsp3) is 0.154. The molecule has 1 aromatic carbocycles. The zero-order chi connectivity index (χ0) is 15.9. The highest BCUT2D eigenvalue weighted by atomic mass is 79.9. The first-order chi connectivity index (χ1) is 10.7. The van der Waals surface area contributed by atoms with E-state index in [1.54, 1.807) is 25.5 Å². The number of ether oxygens (including phenoxy) is 2. The first-order valence-electron chi connectivity index (χ1n) is 6.21. The van der Waals surface area contributed by atoms with Crippen LogP contribution >= 0.6 is 15.9 Å². The number of halogens is 1. The molecular formula is C13H15BrN6O2. The topological polar surface area (TPSA) is 99.6 Å². The van der Waals surface area contributed by atoms with Crippen LogP contribution in [-0.2, 0) is 0 Å². The van der Waals surface area contributed by atoms with E-state index in [1.165, 1.54) is 11.0 Å². The third kappa shape index (κ3) is 3.76. The Kier molecular flexibility index (Phi) is 5.37. The first kappa shape index (κ1) is 15.8. The van der Waals surface area contributed by atoms with E-state index in [2.05, 4.69) is 43.2 Å². The number of hydrazone groups is 1. The molecule has 0 aliphatic carbocycles. The van der Waals surface area contributed by atoms with Crippen LogP contribution < -0.4 is 20.7 Å². The number of nitrogens with one attached hydrogen (secondary N) is 1. The first-order valence-corrected chi connectivity index (χ1v) is 7.00. The van der Waals surface area contributed by atoms with Crippen molar-refractivity contribution in [3.63, 3.8) is 0 Å². The van der Waals surface area contributed by atoms with E-state index in [1.807, 2.05) is 6.07 Å². The van der Waals surface area contributed by atoms with E-state index in [9.17, 15) is 0 Å². The lowest BCUT2D eigenvalue weighted by atomic mass is 10.2. The van der Waals surface area contributed by atoms with Crippen molar-refractivity contribution in [2.75, 3.05) is 25.0 Å². The quantitative estimate of drug-likeness (QED) is 0.335. The molecule has 0 aliphatic heterocycles. The van der Waals surface area contributed by atoms with Gasteiger partial charge in [0.05, 0.1) is 17.8 Å². The summed E-state index contributed by atoms with van der Waals surface area (Å²) in [4.78, 5) is 0. The lowest BCUT2D eigenvalue weighted by molar-refractivity contribution is 0.324. The summed E-state index contributed by atoms with van der Waals surface area (Å²) < 4.78 is 12.8. The Morgan fingerprint density at radius 2 is 2.36 bits per heavy atom. The summed E-state index contributed by atoms with van der Waals surface area (Å²) in [7, 11) is 1.57. The van der Waals surface area contributed by atoms with Crippen LogP contribution in [0.15, 0.2) is 40.7 Å². The fourth-order valence-corrected chi connectivity index (χ4v) is 2.16. The van der Waals surface area contributed by atoms with Gasteiger partial charge in [-0.25, -0.2) is 10.1 Å². The van der Waals surface area contributed by atoms with Crippen LogP contribution in [0, 0.1) is 0 Å². The van der Waals surface area contributed by atoms with Crippen LogP contribution in [0.25, 0.3) is 0 Å². The number of hydrogen-bond donors (Lipinski definition) is 2. The van der Waals surface area contributed by atoms with Gasteiger partial charge in [0.1, 0.15) is 12.9 Å². The van der Waals surface area contributed by atoms with Gasteiger partial charge >= 0.3 is 0 Å². The molecule has 22 heavy (non-hydrogen) atoms. The van der Waals surface area contributed by atoms with E-state index >= 15 is 0 Å². The molecule has 0 radical (unpaired) electrons. The Balaban J connectivity index is 2.16. The Morgan fingerprint density at radius 3 is 3.00 bits per heavy atom. The third-order valence-electron chi connectivity index (χ3n) is 2.55. The molecule has 2 rings (SSSR count). The van der Waals surface area contributed by atoms with Crippen LogP contribution in [-0.4, -0.2) is 34.8 Å². The van der Waals surface area contributed by atoms with Gasteiger partial charge in [-0.05, 0) is 33.6 Å². The minimum absolute atomic E-state index is 0.327. The molecule has 0 spiro atoms. The van der Waals surface area contributed by atoms with Crippen LogP contribution in [0.5, 0.6) is 11.5 Å². The van der Waals surface area contributed by atoms with Gasteiger partial charge in [0.15, 0.2) is 11.5 Å². The lowest BCUT2D eigenvalue weighted by Gasteiger charge is -2.12. The third-order valence-corrected chi connectivity index (χ3v) is 3.14. The van der Waals surface area contributed by atoms with Gasteiger partial charge in [0.2, 0.25) is 0 Å². The number of benzene rings is 1. The zero-order valence-corrected chi connectivity index (χ0v) is 13.4. The Labute approximate surface area is 135 Å². The molecule has 0 aliphatic rings. The molecule has 0 bridgehead atoms. The van der Waals surface area contributed by atoms with Crippen LogP contribution in [0.2, 0.25) is 0 Å². The number of hydrogen-bond acceptors (Lipinski definition) is 7. The van der Waals surface area contributed by atoms with Crippen molar-refractivity contribution >= 4 is 28.1 Å². The lowest BCUT2D eigenvalue weighted by Crippen LogP contribution is -2.10. The predicted molar refractivity (Wildman–Crippen MR) is 87.8 cm³/mol. The Morgan fingerprint density at radius 1 is 1.55 bits per heavy atom. The maximum absolute atomic E-state index is 5.56. The summed E-state index contributed by atoms with van der Waals surface area (Å²) in [5, 5.41) is 11.4. The highest BCUT2D eigenvalue weighted by Crippen LogP contribution is 2.36. The van der Waals surface area contributed by atoms with Gasteiger partial charge in [-0.3, -0.25) is 0 Å². The van der Waals surface area contributed by atoms with Crippen molar-refractivity contribution in [2.45, 2.75) is 0 Å². The minimum atomic E-state index is 0.327. The number of rotatable bonds is 7. The molecule has 0 saturated heterocycles. The second-order valence-electron chi connectivity index (χ2n) is 4.07. The minimum Gasteiger partial charge on any atom is -0.493 e. The Hall–Kier alpha value is -2.55. The number of nitrogen functional groups attached to an aromatic ring is 1. The van der Waals surface area contributed by atoms with Gasteiger partial charge < -0.3 is 15.3 Å². The van der Waals surface area contributed by atoms with E-state index in [0.717, 1.165) is 10.0 Å². The van der Waals surface area contributed by atoms with Crippen molar-refractivity contribution in [2.24, 2.45) is 5.10 Å². The summed E-state index contributed by atoms with van der Waals surface area (Å²) in [5.74, 6) is 7.08. The zero-order valence-electron chi connectivity index (χ0n) is 11.9. The van der Waals surface area contributed by atoms with Crippen molar-refractivity contribution in [3.05, 3.63) is 41.2 Å². The standard InChI is InChI=1S/C13H15BrN6O2/c1-3-4-22-12-10(14)5-9(6-11(12)21-2)7-16-18-13-19-17-8-20(13)15/h3,5-8H,1,4,15H2,2H3,(H,18,19)/b16-7+. The van der Waals surface area contributed by atoms with Crippen molar-refractivity contribution < 1.29 is 9.47 Å². The highest BCUT2D eigenvalue weighted by Gasteiger charge is 2.10. The average molecular weight is 367 g/mol. The maximum atomic E-state index is 5.56. The summed E-state index contributed by atoms with van der Waals surface area (Å²) >= 11 is 3.44. The summed E-state index contributed by atoms with van der Waals surface area (Å²) in [6.07, 6.45) is 4.62. The second kappa shape index (κ2) is 7.46. The number of methoxy groups -OCH3 is 1. The van der Waals surface area contributed by atoms with Gasteiger partial charge in [0.25, 0.3) is 5.95 Å². The van der Waals surface area contributed by atoms with Crippen LogP contribution in [0.1, 0.15) is 5.56 Å². The van der Waals surface area contributed by atoms with Crippen molar-refractivity contribution in [3.8, 4) is 11.5 Å². The van der Waals surface area contributed by atoms with Crippen LogP contribution in [0.3, 0.4) is 0 Å². The summed E-state index contributed by atoms with van der Waals surface area (Å²) in [5.41, 5.74) is 3.48. The van der Waals surface area contributed by atoms with E-state index in [-0.39, 0.29) is 0 Å². The maximum Gasteiger partial charge on any atom is 0.263 e. The van der Waals surface area contributed by atoms with Gasteiger partial charge in [-0.15, -0.1) is 10.2 Å². The molecule has 1 heterocycles. The van der Waals surface area contributed by atoms with Crippen molar-refractivity contribution in [1.82, 2.24) is 14.9 Å². The fourth-order valence-electron chi connectivity index (χ4n) is 1.58. The molecule has 0 amide bonds. The monoisotopic (exact) mass is 366 g/mol. The molecule has 3 N–H and O–H groups in total. The molecular weight excluding hydrogens is 352 g/mol. The molecule has 116 valence electrons. The number of nitrogens with two attached hydrogens (primary N) is 1. The predicted octanol–water partition coefficient (Wildman–Crippen LogP) is 1.77. The Bertz CT molecular complexity index is 685. The smallest absolute Gasteiger partial charge is 0.263 e. The van der Waals surface area contributed by atoms with Crippen LogP contribution in [0.4, 0.5) is 5.95 Å². The molecule has 0 fully saturated rings. The average Bonchev–Trinajstić information content (AvgIpc) is 2.91. The van der Waals surface area contributed by atoms with Gasteiger partial charge in [-0.2, -0.15) is 5.10 Å². The van der Waals surface area contributed by atoms with E-state index in [0.29, 0.717) is 24.1 Å². The molecule has 0 unspecified atom stereocenters. The largest absolute Gasteiger partial charge is 0.493 e. The van der Waals surface area contributed by atoms with Gasteiger partial charge in [0, 0.05) is 0 Å². The highest BCUT2D eigenvalue weighted by molar-refractivity contribution is 9.10. The molecule has 0 saturated carbocycles. The molecule has 0 atom stereocenters. The van der Waals surface area contributed by atoms with Gasteiger partial charge in [-0.1, -0.05) is 12.7 Å². The number of aromatic nitrogens is 3. The molecule has 2 aromatic rings. The molecule has 8 nitrogen and oxygen atoms in total. The number of anilines is 1. The summed E-state index contributed by atoms with van der Waals surface area (Å²) in [6.45, 7) is 4.00. The molecule has 1 aromatic heterocycles. The normalized spacial score (nSPS) is 10.6. The second-order valence-corrected chi connectivity index (χ2v) is 4.92. The van der Waals surface area contributed by atoms with E-state index < -0.39 is 0 Å². The summed E-state index contributed by atoms with van der Waals surface area (Å²) in [6, 6.07) is 3.64. The van der Waals surface area contributed by atoms with Crippen molar-refractivity contribution in [1.29, 1.82) is 0 Å². The SMILES string of the molecule is C=CCOc1c(Br)cc(/C=N/Nc2nncn2N)cc1OC. The number of nitrogens with zero attached hydrogens (tertiary/aromatic N) is 4. The van der Waals surface area contributed by atoms with E-state index in [4.69, 9.17) is 15.3 Å².